The third kappa shape index (κ3) is 8.19. The molecule has 5 aliphatic rings. The van der Waals surface area contributed by atoms with Crippen molar-refractivity contribution in [3.05, 3.63) is 41.6 Å². The highest BCUT2D eigenvalue weighted by molar-refractivity contribution is 7.91. The van der Waals surface area contributed by atoms with Gasteiger partial charge in [0.1, 0.15) is 22.7 Å². The Morgan fingerprint density at radius 2 is 1.84 bits per heavy atom. The molecule has 2 saturated carbocycles. The first-order chi connectivity index (χ1) is 26.8. The molecule has 0 radical (unpaired) electrons. The van der Waals surface area contributed by atoms with E-state index in [9.17, 15) is 27.6 Å². The van der Waals surface area contributed by atoms with Crippen molar-refractivity contribution in [3.8, 4) is 11.5 Å². The van der Waals surface area contributed by atoms with E-state index in [2.05, 4.69) is 18.6 Å². The Labute approximate surface area is 336 Å². The van der Waals surface area contributed by atoms with Crippen LogP contribution in [-0.4, -0.2) is 77.5 Å². The Morgan fingerprint density at radius 3 is 2.53 bits per heavy atom. The second-order valence-corrected chi connectivity index (χ2v) is 21.1. The van der Waals surface area contributed by atoms with Crippen molar-refractivity contribution in [2.24, 2.45) is 17.3 Å². The number of carbonyl (C=O) groups excluding carboxylic acids is 4. The number of pyridine rings is 1. The number of allylic oxidation sites excluding steroid dienone is 2. The molecule has 57 heavy (non-hydrogen) atoms. The molecule has 1 N–H and O–H groups in total. The van der Waals surface area contributed by atoms with Gasteiger partial charge < -0.3 is 19.1 Å². The van der Waals surface area contributed by atoms with Gasteiger partial charge in [-0.25, -0.2) is 13.4 Å². The number of aryl methyl sites for hydroxylation is 1. The molecule has 4 heterocycles. The van der Waals surface area contributed by atoms with E-state index in [1.807, 2.05) is 30.4 Å². The van der Waals surface area contributed by atoms with Crippen LogP contribution in [-0.2, 0) is 40.4 Å². The summed E-state index contributed by atoms with van der Waals surface area (Å²) in [5, 5.41) is 0.928. The van der Waals surface area contributed by atoms with Gasteiger partial charge in [-0.2, -0.15) is 0 Å². The van der Waals surface area contributed by atoms with Gasteiger partial charge in [0.25, 0.3) is 0 Å². The van der Waals surface area contributed by atoms with Crippen LogP contribution in [0, 0.1) is 17.3 Å². The quantitative estimate of drug-likeness (QED) is 0.232. The fourth-order valence-corrected chi connectivity index (χ4v) is 10.4. The Balaban J connectivity index is 1.26. The van der Waals surface area contributed by atoms with Gasteiger partial charge in [-0.3, -0.25) is 23.9 Å². The van der Waals surface area contributed by atoms with Crippen LogP contribution in [0.15, 0.2) is 30.4 Å². The zero-order chi connectivity index (χ0) is 41.1. The van der Waals surface area contributed by atoms with Crippen LogP contribution in [0.4, 0.5) is 0 Å². The van der Waals surface area contributed by atoms with Crippen LogP contribution in [0.2, 0.25) is 0 Å². The third-order valence-corrected chi connectivity index (χ3v) is 15.1. The minimum Gasteiger partial charge on any atom is -0.497 e. The summed E-state index contributed by atoms with van der Waals surface area (Å²) in [4.78, 5) is 63.8. The predicted molar refractivity (Wildman–Crippen MR) is 215 cm³/mol. The summed E-state index contributed by atoms with van der Waals surface area (Å²) in [6.07, 6.45) is 9.82. The number of ketones is 1. The molecule has 2 aliphatic carbocycles. The van der Waals surface area contributed by atoms with Crippen LogP contribution < -0.4 is 14.2 Å². The van der Waals surface area contributed by atoms with E-state index in [4.69, 9.17) is 19.2 Å². The molecule has 2 aromatic rings. The van der Waals surface area contributed by atoms with Gasteiger partial charge in [0.15, 0.2) is 5.78 Å². The number of hydrogen-bond donors (Lipinski definition) is 1. The van der Waals surface area contributed by atoms with E-state index in [0.717, 1.165) is 41.4 Å². The van der Waals surface area contributed by atoms with Crippen molar-refractivity contribution in [2.75, 3.05) is 13.7 Å². The topological polar surface area (TPSA) is 158 Å². The molecule has 1 aromatic carbocycles. The number of sulfonamides is 1. The van der Waals surface area contributed by atoms with Crippen molar-refractivity contribution in [2.45, 2.75) is 153 Å². The Kier molecular flexibility index (Phi) is 10.8. The molecule has 1 spiro atoms. The molecule has 1 saturated heterocycles. The highest BCUT2D eigenvalue weighted by atomic mass is 32.2. The van der Waals surface area contributed by atoms with Crippen molar-refractivity contribution >= 4 is 44.5 Å². The molecule has 0 bridgehead atoms. The number of ether oxygens (including phenoxy) is 3. The van der Waals surface area contributed by atoms with Gasteiger partial charge in [-0.1, -0.05) is 38.8 Å². The van der Waals surface area contributed by atoms with Crippen molar-refractivity contribution in [1.82, 2.24) is 14.6 Å². The summed E-state index contributed by atoms with van der Waals surface area (Å²) in [6, 6.07) is 4.85. The van der Waals surface area contributed by atoms with Crippen molar-refractivity contribution < 1.29 is 41.8 Å². The SMILES string of the molecule is COc1ccc2nc(C(C)C)c3c(c2c1)CC[C@]1(C[C@H]2C(=O)C[C@]4(C(=O)NS(=O)(=O)C5(C)CC5)C[C@H]4/C=C\CCCCC[C@H](CC(=O)OC(C)(C)C)C(=O)N2C1)O3. The second-order valence-electron chi connectivity index (χ2n) is 18.9. The number of nitrogens with one attached hydrogen (secondary N) is 1. The summed E-state index contributed by atoms with van der Waals surface area (Å²) < 4.78 is 46.3. The van der Waals surface area contributed by atoms with E-state index in [0.29, 0.717) is 56.4 Å². The molecule has 310 valence electrons. The number of nitrogens with zero attached hydrogens (tertiary/aromatic N) is 2. The summed E-state index contributed by atoms with van der Waals surface area (Å²) in [7, 11) is -2.32. The third-order valence-electron chi connectivity index (χ3n) is 12.9. The van der Waals surface area contributed by atoms with E-state index in [1.165, 1.54) is 0 Å². The van der Waals surface area contributed by atoms with Crippen molar-refractivity contribution in [3.63, 3.8) is 0 Å². The number of hydrogen-bond acceptors (Lipinski definition) is 10. The molecule has 0 unspecified atom stereocenters. The van der Waals surface area contributed by atoms with Gasteiger partial charge in [0.2, 0.25) is 21.8 Å². The smallest absolute Gasteiger partial charge is 0.307 e. The summed E-state index contributed by atoms with van der Waals surface area (Å²) in [6.45, 7) is 11.2. The number of carbonyl (C=O) groups is 4. The minimum atomic E-state index is -3.95. The van der Waals surface area contributed by atoms with Gasteiger partial charge in [-0.05, 0) is 109 Å². The number of aromatic nitrogens is 1. The van der Waals surface area contributed by atoms with Crippen LogP contribution >= 0.6 is 0 Å². The molecule has 2 amide bonds. The summed E-state index contributed by atoms with van der Waals surface area (Å²) in [5.74, 6) is -1.41. The lowest BCUT2D eigenvalue weighted by atomic mass is 9.84. The van der Waals surface area contributed by atoms with Gasteiger partial charge >= 0.3 is 5.97 Å². The largest absolute Gasteiger partial charge is 0.497 e. The maximum Gasteiger partial charge on any atom is 0.307 e. The first kappa shape index (κ1) is 41.2. The Morgan fingerprint density at radius 1 is 1.09 bits per heavy atom. The first-order valence-corrected chi connectivity index (χ1v) is 22.3. The lowest BCUT2D eigenvalue weighted by molar-refractivity contribution is -0.159. The van der Waals surface area contributed by atoms with Gasteiger partial charge in [0, 0.05) is 29.7 Å². The highest BCUT2D eigenvalue weighted by Gasteiger charge is 2.63. The molecule has 13 heteroatoms. The fraction of sp³-hybridized carbons (Fsp3) is 0.659. The standard InChI is InChI=1S/C44H59N3O9S/c1-27(2)37-38-31(32-22-30(54-7)15-16-33(32)45-37)17-18-43(56-38)24-34-35(48)25-44(40(51)46-57(52,53)42(6)19-20-42)23-29(44)14-12-10-8-9-11-13-28(39(50)47(34)26-43)21-36(49)55-41(3,4)5/h12,14-16,22,27-29,34H,8-11,13,17-21,23-26H2,1-7H3,(H,46,51)/b14-12-/t28-,29-,34+,43-,44-/m1/s1. The molecule has 3 fully saturated rings. The molecular weight excluding hydrogens is 747 g/mol. The monoisotopic (exact) mass is 805 g/mol. The molecule has 7 rings (SSSR count). The van der Waals surface area contributed by atoms with Gasteiger partial charge in [0.05, 0.1) is 47.5 Å². The number of Topliss-reactive ketones (excluding diaryl/α,β-unsaturated/α-hetero) is 1. The summed E-state index contributed by atoms with van der Waals surface area (Å²) >= 11 is 0. The highest BCUT2D eigenvalue weighted by Crippen LogP contribution is 2.58. The first-order valence-electron chi connectivity index (χ1n) is 20.8. The van der Waals surface area contributed by atoms with Crippen LogP contribution in [0.25, 0.3) is 10.9 Å². The average molecular weight is 806 g/mol. The molecule has 3 aliphatic heterocycles. The maximum absolute atomic E-state index is 14.9. The second kappa shape index (κ2) is 15.0. The Hall–Kier alpha value is -4.00. The molecule has 5 atom stereocenters. The zero-order valence-electron chi connectivity index (χ0n) is 34.6. The van der Waals surface area contributed by atoms with Gasteiger partial charge in [-0.15, -0.1) is 0 Å². The fourth-order valence-electron chi connectivity index (χ4n) is 9.11. The van der Waals surface area contributed by atoms with E-state index in [1.54, 1.807) is 39.7 Å². The number of amides is 2. The average Bonchev–Trinajstić information content (AvgIpc) is 4.03. The van der Waals surface area contributed by atoms with Crippen LogP contribution in [0.1, 0.15) is 136 Å². The number of fused-ring (bicyclic) bond motifs is 5. The van der Waals surface area contributed by atoms with E-state index in [-0.39, 0.29) is 49.3 Å². The number of benzene rings is 1. The lowest BCUT2D eigenvalue weighted by Crippen LogP contribution is -2.48. The zero-order valence-corrected chi connectivity index (χ0v) is 35.4. The lowest BCUT2D eigenvalue weighted by Gasteiger charge is -2.37. The van der Waals surface area contributed by atoms with Crippen LogP contribution in [0.5, 0.6) is 11.5 Å². The number of esters is 1. The minimum absolute atomic E-state index is 0.0149. The number of rotatable bonds is 7. The van der Waals surface area contributed by atoms with E-state index < -0.39 is 55.2 Å². The number of methoxy groups -OCH3 is 1. The van der Waals surface area contributed by atoms with Crippen LogP contribution in [0.3, 0.4) is 0 Å². The molecule has 12 nitrogen and oxygen atoms in total. The maximum atomic E-state index is 14.9. The normalized spacial score (nSPS) is 29.3. The summed E-state index contributed by atoms with van der Waals surface area (Å²) in [5.41, 5.74) is -0.291. The molecular formula is C44H59N3O9S. The van der Waals surface area contributed by atoms with Crippen molar-refractivity contribution in [1.29, 1.82) is 0 Å². The van der Waals surface area contributed by atoms with E-state index >= 15 is 0 Å². The predicted octanol–water partition coefficient (Wildman–Crippen LogP) is 6.86. The Bertz CT molecular complexity index is 2100. The molecule has 1 aromatic heterocycles.